The highest BCUT2D eigenvalue weighted by Crippen LogP contribution is 2.31. The lowest BCUT2D eigenvalue weighted by Crippen LogP contribution is -2.01. The summed E-state index contributed by atoms with van der Waals surface area (Å²) in [5.74, 6) is 0.797. The first-order valence-electron chi connectivity index (χ1n) is 5.08. The lowest BCUT2D eigenvalue weighted by Gasteiger charge is -2.08. The van der Waals surface area contributed by atoms with Gasteiger partial charge < -0.3 is 10.5 Å². The zero-order valence-corrected chi connectivity index (χ0v) is 11.4. The van der Waals surface area contributed by atoms with Gasteiger partial charge in [-0.15, -0.1) is 0 Å². The number of ether oxygens (including phenoxy) is 1. The van der Waals surface area contributed by atoms with Gasteiger partial charge in [0.2, 0.25) is 5.88 Å². The van der Waals surface area contributed by atoms with Crippen LogP contribution < -0.4 is 10.5 Å². The van der Waals surface area contributed by atoms with Gasteiger partial charge in [0.25, 0.3) is 0 Å². The lowest BCUT2D eigenvalue weighted by molar-refractivity contribution is 0.461. The lowest BCUT2D eigenvalue weighted by atomic mass is 10.3. The Labute approximate surface area is 119 Å². The molecule has 3 nitrogen and oxygen atoms in total. The average Bonchev–Trinajstić information content (AvgIpc) is 2.36. The summed E-state index contributed by atoms with van der Waals surface area (Å²) < 4.78 is 5.55. The van der Waals surface area contributed by atoms with Gasteiger partial charge in [0.1, 0.15) is 5.75 Å². The summed E-state index contributed by atoms with van der Waals surface area (Å²) in [5, 5.41) is 1.48. The predicted molar refractivity (Wildman–Crippen MR) is 73.7 cm³/mol. The van der Waals surface area contributed by atoms with Crippen LogP contribution in [-0.2, 0) is 6.54 Å². The maximum atomic E-state index is 5.99. The van der Waals surface area contributed by atoms with Gasteiger partial charge in [-0.05, 0) is 18.2 Å². The first kappa shape index (κ1) is 13.4. The number of aromatic nitrogens is 1. The van der Waals surface area contributed by atoms with E-state index in [0.29, 0.717) is 32.4 Å². The van der Waals surface area contributed by atoms with Gasteiger partial charge in [0.15, 0.2) is 0 Å². The molecule has 0 aliphatic carbocycles. The smallest absolute Gasteiger partial charge is 0.219 e. The molecule has 18 heavy (non-hydrogen) atoms. The third kappa shape index (κ3) is 3.06. The number of nitrogens with two attached hydrogens (primary N) is 1. The van der Waals surface area contributed by atoms with Crippen molar-refractivity contribution < 1.29 is 4.74 Å². The van der Waals surface area contributed by atoms with E-state index in [9.17, 15) is 0 Å². The first-order valence-corrected chi connectivity index (χ1v) is 6.22. The summed E-state index contributed by atoms with van der Waals surface area (Å²) >= 11 is 17.8. The molecule has 94 valence electrons. The SMILES string of the molecule is NCc1nc(Oc2cc(Cl)ccc2Cl)ccc1Cl. The minimum absolute atomic E-state index is 0.235. The maximum absolute atomic E-state index is 5.99. The van der Waals surface area contributed by atoms with E-state index in [2.05, 4.69) is 4.98 Å². The van der Waals surface area contributed by atoms with Crippen molar-refractivity contribution in [2.75, 3.05) is 0 Å². The molecule has 2 rings (SSSR count). The van der Waals surface area contributed by atoms with Crippen molar-refractivity contribution in [1.29, 1.82) is 0 Å². The molecule has 1 heterocycles. The normalized spacial score (nSPS) is 10.4. The summed E-state index contributed by atoms with van der Waals surface area (Å²) in [7, 11) is 0. The summed E-state index contributed by atoms with van der Waals surface area (Å²) in [5.41, 5.74) is 6.08. The van der Waals surface area contributed by atoms with Crippen LogP contribution in [0.25, 0.3) is 0 Å². The van der Waals surface area contributed by atoms with Gasteiger partial charge in [-0.1, -0.05) is 34.8 Å². The van der Waals surface area contributed by atoms with E-state index in [1.54, 1.807) is 30.3 Å². The monoisotopic (exact) mass is 302 g/mol. The summed E-state index contributed by atoms with van der Waals surface area (Å²) in [6.45, 7) is 0.235. The number of halogens is 3. The van der Waals surface area contributed by atoms with Crippen LogP contribution in [0.1, 0.15) is 5.69 Å². The highest BCUT2D eigenvalue weighted by molar-refractivity contribution is 6.34. The van der Waals surface area contributed by atoms with Crippen LogP contribution in [0.5, 0.6) is 11.6 Å². The number of pyridine rings is 1. The Kier molecular flexibility index (Phi) is 4.30. The van der Waals surface area contributed by atoms with Crippen LogP contribution in [0.4, 0.5) is 0 Å². The number of nitrogens with zero attached hydrogens (tertiary/aromatic N) is 1. The highest BCUT2D eigenvalue weighted by Gasteiger charge is 2.07. The van der Waals surface area contributed by atoms with Crippen LogP contribution in [0.15, 0.2) is 30.3 Å². The maximum Gasteiger partial charge on any atom is 0.219 e. The highest BCUT2D eigenvalue weighted by atomic mass is 35.5. The summed E-state index contributed by atoms with van der Waals surface area (Å²) in [6.07, 6.45) is 0. The first-order chi connectivity index (χ1) is 8.60. The Balaban J connectivity index is 2.31. The number of benzene rings is 1. The largest absolute Gasteiger partial charge is 0.437 e. The van der Waals surface area contributed by atoms with Crippen molar-refractivity contribution in [3.8, 4) is 11.6 Å². The Morgan fingerprint density at radius 3 is 2.50 bits per heavy atom. The molecular formula is C12H9Cl3N2O. The molecule has 0 radical (unpaired) electrons. The molecule has 2 aromatic rings. The zero-order valence-electron chi connectivity index (χ0n) is 9.16. The Morgan fingerprint density at radius 2 is 1.78 bits per heavy atom. The molecule has 0 bridgehead atoms. The molecular weight excluding hydrogens is 295 g/mol. The Bertz CT molecular complexity index is 575. The fraction of sp³-hybridized carbons (Fsp3) is 0.0833. The fourth-order valence-electron chi connectivity index (χ4n) is 1.33. The molecule has 2 N–H and O–H groups in total. The fourth-order valence-corrected chi connectivity index (χ4v) is 1.83. The van der Waals surface area contributed by atoms with Gasteiger partial charge in [-0.2, -0.15) is 0 Å². The second kappa shape index (κ2) is 5.76. The molecule has 0 saturated carbocycles. The molecule has 1 aromatic heterocycles. The second-order valence-corrected chi connectivity index (χ2v) is 4.71. The molecule has 0 fully saturated rings. The molecule has 0 atom stereocenters. The minimum atomic E-state index is 0.235. The molecule has 0 amide bonds. The van der Waals surface area contributed by atoms with Crippen molar-refractivity contribution in [2.45, 2.75) is 6.54 Å². The van der Waals surface area contributed by atoms with Crippen molar-refractivity contribution >= 4 is 34.8 Å². The third-order valence-electron chi connectivity index (χ3n) is 2.19. The number of hydrogen-bond acceptors (Lipinski definition) is 3. The quantitative estimate of drug-likeness (QED) is 0.920. The van der Waals surface area contributed by atoms with E-state index in [0.717, 1.165) is 0 Å². The van der Waals surface area contributed by atoms with Crippen molar-refractivity contribution in [1.82, 2.24) is 4.98 Å². The van der Waals surface area contributed by atoms with Crippen LogP contribution in [0.3, 0.4) is 0 Å². The van der Waals surface area contributed by atoms with Gasteiger partial charge in [-0.3, -0.25) is 0 Å². The van der Waals surface area contributed by atoms with E-state index in [-0.39, 0.29) is 6.54 Å². The molecule has 0 aliphatic heterocycles. The molecule has 1 aromatic carbocycles. The zero-order chi connectivity index (χ0) is 13.1. The summed E-state index contributed by atoms with van der Waals surface area (Å²) in [6, 6.07) is 8.25. The second-order valence-electron chi connectivity index (χ2n) is 3.46. The van der Waals surface area contributed by atoms with E-state index >= 15 is 0 Å². The Hall–Kier alpha value is -1.000. The molecule has 0 spiro atoms. The van der Waals surface area contributed by atoms with Gasteiger partial charge in [0, 0.05) is 23.7 Å². The van der Waals surface area contributed by atoms with Crippen LogP contribution in [0.2, 0.25) is 15.1 Å². The molecule has 0 unspecified atom stereocenters. The predicted octanol–water partition coefficient (Wildman–Crippen LogP) is 4.29. The molecule has 6 heteroatoms. The molecule has 0 aliphatic rings. The van der Waals surface area contributed by atoms with Crippen molar-refractivity contribution in [3.05, 3.63) is 51.1 Å². The number of hydrogen-bond donors (Lipinski definition) is 1. The number of rotatable bonds is 3. The van der Waals surface area contributed by atoms with Gasteiger partial charge >= 0.3 is 0 Å². The standard InChI is InChI=1S/C12H9Cl3N2O/c13-7-1-2-9(15)11(5-7)18-12-4-3-8(14)10(6-16)17-12/h1-5H,6,16H2. The molecule has 0 saturated heterocycles. The van der Waals surface area contributed by atoms with Crippen molar-refractivity contribution in [3.63, 3.8) is 0 Å². The van der Waals surface area contributed by atoms with E-state index in [1.807, 2.05) is 0 Å². The van der Waals surface area contributed by atoms with Crippen LogP contribution >= 0.6 is 34.8 Å². The van der Waals surface area contributed by atoms with E-state index < -0.39 is 0 Å². The summed E-state index contributed by atoms with van der Waals surface area (Å²) in [4.78, 5) is 4.18. The van der Waals surface area contributed by atoms with Crippen LogP contribution in [-0.4, -0.2) is 4.98 Å². The van der Waals surface area contributed by atoms with E-state index in [1.165, 1.54) is 0 Å². The van der Waals surface area contributed by atoms with Crippen molar-refractivity contribution in [2.24, 2.45) is 5.73 Å². The topological polar surface area (TPSA) is 48.1 Å². The van der Waals surface area contributed by atoms with Crippen LogP contribution in [0, 0.1) is 0 Å². The average molecular weight is 304 g/mol. The van der Waals surface area contributed by atoms with E-state index in [4.69, 9.17) is 45.3 Å². The minimum Gasteiger partial charge on any atom is -0.437 e. The Morgan fingerprint density at radius 1 is 1.06 bits per heavy atom. The third-order valence-corrected chi connectivity index (χ3v) is 3.09. The van der Waals surface area contributed by atoms with Gasteiger partial charge in [-0.25, -0.2) is 4.98 Å². The van der Waals surface area contributed by atoms with Gasteiger partial charge in [0.05, 0.1) is 15.7 Å².